The van der Waals surface area contributed by atoms with Crippen LogP contribution in [-0.4, -0.2) is 112 Å². The first kappa shape index (κ1) is 49.6. The smallest absolute Gasteiger partial charge is 0.350 e. The zero-order valence-electron chi connectivity index (χ0n) is 38.3. The van der Waals surface area contributed by atoms with Gasteiger partial charge in [0.2, 0.25) is 11.9 Å². The van der Waals surface area contributed by atoms with Gasteiger partial charge in [0.25, 0.3) is 5.91 Å². The zero-order chi connectivity index (χ0) is 49.7. The molecule has 2 saturated carbocycles. The number of aliphatic hydroxyl groups is 2. The molecular formula is C50H52ClNO16. The van der Waals surface area contributed by atoms with Crippen molar-refractivity contribution in [1.29, 1.82) is 0 Å². The fourth-order valence-electron chi connectivity index (χ4n) is 10.5. The van der Waals surface area contributed by atoms with Crippen LogP contribution in [-0.2, 0) is 57.2 Å². The molecule has 18 heteroatoms. The summed E-state index contributed by atoms with van der Waals surface area (Å²) in [5.74, 6) is -9.87. The number of rotatable bonds is 12. The monoisotopic (exact) mass is 957 g/mol. The number of carbonyl (C=O) groups excluding carboxylic acids is 8. The fraction of sp³-hybridized carbons (Fsp3) is 0.440. The van der Waals surface area contributed by atoms with E-state index in [-0.39, 0.29) is 45.9 Å². The molecule has 2 bridgehead atoms. The minimum Gasteiger partial charge on any atom is -0.455 e. The molecule has 4 aliphatic rings. The van der Waals surface area contributed by atoms with E-state index in [0.717, 1.165) is 20.8 Å². The van der Waals surface area contributed by atoms with Crippen LogP contribution in [0.4, 0.5) is 0 Å². The van der Waals surface area contributed by atoms with Gasteiger partial charge in [0.1, 0.15) is 30.0 Å². The predicted molar refractivity (Wildman–Crippen MR) is 237 cm³/mol. The maximum atomic E-state index is 15.7. The van der Waals surface area contributed by atoms with Crippen molar-refractivity contribution in [3.05, 3.63) is 118 Å². The van der Waals surface area contributed by atoms with Crippen LogP contribution in [0.2, 0.25) is 5.02 Å². The van der Waals surface area contributed by atoms with Crippen LogP contribution in [0.3, 0.4) is 0 Å². The maximum absolute atomic E-state index is 15.7. The lowest BCUT2D eigenvalue weighted by atomic mass is 9.44. The van der Waals surface area contributed by atoms with Crippen LogP contribution < -0.4 is 5.32 Å². The highest BCUT2D eigenvalue weighted by molar-refractivity contribution is 6.35. The third kappa shape index (κ3) is 8.50. The lowest BCUT2D eigenvalue weighted by Crippen LogP contribution is -2.82. The Morgan fingerprint density at radius 2 is 1.44 bits per heavy atom. The van der Waals surface area contributed by atoms with Crippen molar-refractivity contribution in [3.8, 4) is 0 Å². The fourth-order valence-corrected chi connectivity index (χ4v) is 10.7. The van der Waals surface area contributed by atoms with Gasteiger partial charge in [-0.05, 0) is 54.8 Å². The Morgan fingerprint density at radius 1 is 0.824 bits per heavy atom. The molecule has 1 aliphatic heterocycles. The average Bonchev–Trinajstić information content (AvgIpc) is 3.28. The Labute approximate surface area is 396 Å². The number of amides is 1. The number of esters is 5. The largest absolute Gasteiger partial charge is 0.455 e. The van der Waals surface area contributed by atoms with Gasteiger partial charge in [0, 0.05) is 39.0 Å². The highest BCUT2D eigenvalue weighted by Crippen LogP contribution is 2.64. The van der Waals surface area contributed by atoms with E-state index in [9.17, 15) is 39.0 Å². The molecule has 3 fully saturated rings. The second-order valence-electron chi connectivity index (χ2n) is 18.4. The van der Waals surface area contributed by atoms with Crippen molar-refractivity contribution in [3.63, 3.8) is 0 Å². The van der Waals surface area contributed by atoms with Gasteiger partial charge < -0.3 is 44.0 Å². The topological polar surface area (TPSA) is 244 Å². The minimum absolute atomic E-state index is 0.00733. The zero-order valence-corrected chi connectivity index (χ0v) is 39.1. The lowest BCUT2D eigenvalue weighted by molar-refractivity contribution is -0.346. The molecule has 1 amide bonds. The molecule has 360 valence electrons. The lowest BCUT2D eigenvalue weighted by Gasteiger charge is -2.67. The molecule has 3 N–H and O–H groups in total. The van der Waals surface area contributed by atoms with Gasteiger partial charge in [-0.1, -0.05) is 86.1 Å². The van der Waals surface area contributed by atoms with E-state index in [2.05, 4.69) is 5.32 Å². The van der Waals surface area contributed by atoms with Crippen molar-refractivity contribution in [2.24, 2.45) is 16.7 Å². The summed E-state index contributed by atoms with van der Waals surface area (Å²) in [5, 5.41) is 28.5. The molecule has 3 aromatic rings. The number of nitrogens with one attached hydrogen (secondary N) is 1. The third-order valence-corrected chi connectivity index (χ3v) is 14.4. The van der Waals surface area contributed by atoms with Crippen molar-refractivity contribution in [2.75, 3.05) is 6.61 Å². The van der Waals surface area contributed by atoms with Crippen LogP contribution in [0.5, 0.6) is 0 Å². The van der Waals surface area contributed by atoms with E-state index >= 15 is 9.59 Å². The van der Waals surface area contributed by atoms with Crippen LogP contribution in [0, 0.1) is 16.7 Å². The first-order chi connectivity index (χ1) is 32.0. The normalized spacial score (nSPS) is 29.9. The highest BCUT2D eigenvalue weighted by Gasteiger charge is 2.78. The average molecular weight is 958 g/mol. The van der Waals surface area contributed by atoms with Crippen LogP contribution in [0.1, 0.15) is 93.6 Å². The third-order valence-electron chi connectivity index (χ3n) is 14.1. The Balaban J connectivity index is 1.45. The number of benzene rings is 3. The molecule has 0 unspecified atom stereocenters. The molecular weight excluding hydrogens is 906 g/mol. The predicted octanol–water partition coefficient (Wildman–Crippen LogP) is 4.53. The summed E-state index contributed by atoms with van der Waals surface area (Å²) in [7, 11) is 0. The van der Waals surface area contributed by atoms with Crippen molar-refractivity contribution >= 4 is 58.9 Å². The summed E-state index contributed by atoms with van der Waals surface area (Å²) < 4.78 is 36.4. The highest BCUT2D eigenvalue weighted by atomic mass is 35.5. The molecule has 1 saturated heterocycles. The first-order valence-corrected chi connectivity index (χ1v) is 22.3. The molecule has 0 spiro atoms. The second kappa shape index (κ2) is 18.7. The molecule has 1 heterocycles. The van der Waals surface area contributed by atoms with Gasteiger partial charge in [0.15, 0.2) is 17.5 Å². The van der Waals surface area contributed by atoms with Crippen molar-refractivity contribution in [1.82, 2.24) is 5.32 Å². The van der Waals surface area contributed by atoms with Gasteiger partial charge in [0.05, 0.1) is 40.2 Å². The number of fused-ring (bicyclic) bond motifs is 5. The molecule has 17 nitrogen and oxygen atoms in total. The summed E-state index contributed by atoms with van der Waals surface area (Å²) in [6, 6.07) is 19.7. The summed E-state index contributed by atoms with van der Waals surface area (Å²) in [5.41, 5.74) is -8.27. The van der Waals surface area contributed by atoms with E-state index in [4.69, 9.17) is 40.0 Å². The summed E-state index contributed by atoms with van der Waals surface area (Å²) >= 11 is 6.51. The second-order valence-corrected chi connectivity index (χ2v) is 18.8. The van der Waals surface area contributed by atoms with Crippen molar-refractivity contribution < 1.29 is 77.0 Å². The summed E-state index contributed by atoms with van der Waals surface area (Å²) in [6.07, 6.45) is -11.2. The Hall–Kier alpha value is -6.27. The molecule has 3 aliphatic carbocycles. The number of aliphatic hydroxyl groups excluding tert-OH is 1. The number of hydrogen-bond donors (Lipinski definition) is 3. The number of Topliss-reactive ketones (excluding diaryl/α,β-unsaturated/α-hetero) is 2. The van der Waals surface area contributed by atoms with E-state index in [0.29, 0.717) is 0 Å². The van der Waals surface area contributed by atoms with E-state index in [1.54, 1.807) is 42.5 Å². The molecule has 0 radical (unpaired) electrons. The Morgan fingerprint density at radius 3 is 2.01 bits per heavy atom. The van der Waals surface area contributed by atoms with Gasteiger partial charge in [-0.3, -0.25) is 24.0 Å². The van der Waals surface area contributed by atoms with E-state index in [1.807, 2.05) is 0 Å². The first-order valence-electron chi connectivity index (χ1n) is 21.9. The Bertz CT molecular complexity index is 2580. The standard InChI is InChI=1S/C50H52ClNO16/c1-25-33(65-46(61)39(66-44(59)30-18-12-9-13-19-30)37(52-43(58)26(2)53)29-16-10-8-11-17-29)23-50(62)42(67-45(60)31-20-14-15-21-32(31)51)40-48(7,34(56)22-35-49(40,24-63-35)68-28(4)55)41(57)38(64-27(3)54)36(25)47(50,5)6/h8-21,33-35,37-40,42,56,62H,22-24H2,1-7H3,(H,52,58)/t33-,34-,35+,37-,38+,39+,40-,42-,48+,49-,50+/m0/s1. The number of hydrogen-bond acceptors (Lipinski definition) is 16. The SMILES string of the molecule is CC(=O)O[C@H]1C(=O)[C@@]2(C)[C@H]([C@H](OC(=O)c3ccccc3Cl)[C@]3(O)C[C@H](OC(=O)[C@H](OC(=O)c4ccccc4)[C@@H](NC(=O)C(C)=O)c4ccccc4)C(C)=C1C3(C)C)[C@]1(OC(C)=O)CO[C@@H]1C[C@@H]2O. The van der Waals surface area contributed by atoms with Crippen molar-refractivity contribution in [2.45, 2.75) is 115 Å². The number of ether oxygens (including phenoxy) is 6. The quantitative estimate of drug-likeness (QED) is 0.0977. The molecule has 0 aromatic heterocycles. The molecule has 68 heavy (non-hydrogen) atoms. The van der Waals surface area contributed by atoms with E-state index in [1.165, 1.54) is 70.2 Å². The number of halogens is 1. The minimum atomic E-state index is -2.53. The summed E-state index contributed by atoms with van der Waals surface area (Å²) in [4.78, 5) is 111. The maximum Gasteiger partial charge on any atom is 0.350 e. The van der Waals surface area contributed by atoms with Crippen LogP contribution in [0.15, 0.2) is 96.1 Å². The number of ketones is 2. The Kier molecular flexibility index (Phi) is 13.6. The van der Waals surface area contributed by atoms with Gasteiger partial charge in [-0.25, -0.2) is 14.4 Å². The van der Waals surface area contributed by atoms with Gasteiger partial charge >= 0.3 is 29.8 Å². The van der Waals surface area contributed by atoms with Gasteiger partial charge in [-0.2, -0.15) is 0 Å². The summed E-state index contributed by atoms with van der Waals surface area (Å²) in [6.45, 7) is 8.62. The molecule has 7 rings (SSSR count). The van der Waals surface area contributed by atoms with E-state index < -0.39 is 124 Å². The molecule has 3 aromatic carbocycles. The number of carbonyl (C=O) groups is 8. The van der Waals surface area contributed by atoms with Crippen LogP contribution in [0.25, 0.3) is 0 Å². The van der Waals surface area contributed by atoms with Gasteiger partial charge in [-0.15, -0.1) is 0 Å². The molecule has 11 atom stereocenters. The van der Waals surface area contributed by atoms with Crippen LogP contribution >= 0.6 is 11.6 Å².